The second-order valence-corrected chi connectivity index (χ2v) is 7.65. The van der Waals surface area contributed by atoms with Gasteiger partial charge in [-0.3, -0.25) is 4.90 Å². The van der Waals surface area contributed by atoms with Gasteiger partial charge < -0.3 is 9.64 Å². The number of aliphatic imine (C=N–C) groups is 1. The quantitative estimate of drug-likeness (QED) is 0.595. The maximum Gasteiger partial charge on any atom is 0.331 e. The molecule has 5 nitrogen and oxygen atoms in total. The molecule has 1 heterocycles. The molecule has 0 radical (unpaired) electrons. The SMILES string of the molecule is COC(=O)[C@H]1N(c2ccccc2)C(=Nc2ccccc2)N(c2ccccc2)C12CC2. The van der Waals surface area contributed by atoms with Gasteiger partial charge in [-0.2, -0.15) is 0 Å². The van der Waals surface area contributed by atoms with Crippen molar-refractivity contribution in [3.05, 3.63) is 91.0 Å². The van der Waals surface area contributed by atoms with E-state index < -0.39 is 6.04 Å². The van der Waals surface area contributed by atoms with E-state index in [2.05, 4.69) is 17.0 Å². The van der Waals surface area contributed by atoms with Crippen LogP contribution in [-0.2, 0) is 9.53 Å². The Hall–Kier alpha value is -3.60. The van der Waals surface area contributed by atoms with E-state index in [9.17, 15) is 4.79 Å². The minimum absolute atomic E-state index is 0.240. The number of para-hydroxylation sites is 3. The minimum atomic E-state index is -0.465. The molecule has 1 saturated carbocycles. The summed E-state index contributed by atoms with van der Waals surface area (Å²) in [5.74, 6) is 0.502. The number of hydrogen-bond donors (Lipinski definition) is 0. The standard InChI is InChI=1S/C25H23N3O2/c1-30-23(29)22-25(17-18-25)28(21-15-9-4-10-16-21)24(26-19-11-5-2-6-12-19)27(22)20-13-7-3-8-14-20/h2-16,22H,17-18H2,1H3/t22-/m1/s1. The van der Waals surface area contributed by atoms with Crippen molar-refractivity contribution in [2.75, 3.05) is 16.9 Å². The monoisotopic (exact) mass is 397 g/mol. The van der Waals surface area contributed by atoms with Gasteiger partial charge >= 0.3 is 5.97 Å². The molecule has 2 fully saturated rings. The number of esters is 1. The van der Waals surface area contributed by atoms with Crippen molar-refractivity contribution >= 4 is 29.0 Å². The molecule has 1 atom stereocenters. The van der Waals surface area contributed by atoms with E-state index >= 15 is 0 Å². The van der Waals surface area contributed by atoms with E-state index in [1.54, 1.807) is 0 Å². The van der Waals surface area contributed by atoms with Crippen molar-refractivity contribution in [1.29, 1.82) is 0 Å². The van der Waals surface area contributed by atoms with Crippen LogP contribution in [0.1, 0.15) is 12.8 Å². The van der Waals surface area contributed by atoms with Crippen LogP contribution in [0.2, 0.25) is 0 Å². The lowest BCUT2D eigenvalue weighted by atomic mass is 10.0. The van der Waals surface area contributed by atoms with E-state index in [1.165, 1.54) is 7.11 Å². The van der Waals surface area contributed by atoms with E-state index in [0.717, 1.165) is 35.9 Å². The van der Waals surface area contributed by atoms with Gasteiger partial charge in [0, 0.05) is 11.4 Å². The Labute approximate surface area is 176 Å². The third-order valence-electron chi connectivity index (χ3n) is 5.85. The summed E-state index contributed by atoms with van der Waals surface area (Å²) < 4.78 is 5.28. The lowest BCUT2D eigenvalue weighted by Crippen LogP contribution is -2.46. The van der Waals surface area contributed by atoms with Crippen LogP contribution in [0.3, 0.4) is 0 Å². The van der Waals surface area contributed by atoms with Crippen LogP contribution in [0.5, 0.6) is 0 Å². The second-order valence-electron chi connectivity index (χ2n) is 7.65. The Morgan fingerprint density at radius 2 is 1.40 bits per heavy atom. The smallest absolute Gasteiger partial charge is 0.331 e. The van der Waals surface area contributed by atoms with Crippen molar-refractivity contribution in [3.8, 4) is 0 Å². The van der Waals surface area contributed by atoms with Gasteiger partial charge in [-0.1, -0.05) is 54.6 Å². The molecule has 1 aliphatic carbocycles. The summed E-state index contributed by atoms with van der Waals surface area (Å²) in [5, 5.41) is 0. The van der Waals surface area contributed by atoms with Crippen LogP contribution < -0.4 is 9.80 Å². The molecule has 1 spiro atoms. The van der Waals surface area contributed by atoms with Crippen molar-refractivity contribution in [2.45, 2.75) is 24.4 Å². The number of rotatable bonds is 4. The van der Waals surface area contributed by atoms with E-state index in [4.69, 9.17) is 9.73 Å². The number of carbonyl (C=O) groups excluding carboxylic acids is 1. The first-order valence-corrected chi connectivity index (χ1v) is 10.2. The fourth-order valence-corrected chi connectivity index (χ4v) is 4.37. The fourth-order valence-electron chi connectivity index (χ4n) is 4.37. The maximum absolute atomic E-state index is 13.1. The minimum Gasteiger partial charge on any atom is -0.467 e. The van der Waals surface area contributed by atoms with Gasteiger partial charge in [0.1, 0.15) is 0 Å². The molecule has 5 rings (SSSR count). The predicted octanol–water partition coefficient (Wildman–Crippen LogP) is 4.78. The van der Waals surface area contributed by atoms with Gasteiger partial charge in [-0.15, -0.1) is 0 Å². The zero-order valence-electron chi connectivity index (χ0n) is 16.8. The van der Waals surface area contributed by atoms with E-state index in [-0.39, 0.29) is 11.5 Å². The van der Waals surface area contributed by atoms with Crippen molar-refractivity contribution in [3.63, 3.8) is 0 Å². The number of anilines is 2. The lowest BCUT2D eigenvalue weighted by molar-refractivity contribution is -0.142. The normalized spacial score (nSPS) is 20.6. The third kappa shape index (κ3) is 2.94. The summed E-state index contributed by atoms with van der Waals surface area (Å²) in [5.41, 5.74) is 2.43. The fraction of sp³-hybridized carbons (Fsp3) is 0.200. The summed E-state index contributed by atoms with van der Waals surface area (Å²) in [6, 6.07) is 29.6. The molecule has 2 aliphatic rings. The van der Waals surface area contributed by atoms with Gasteiger partial charge in [0.15, 0.2) is 6.04 Å². The molecule has 1 saturated heterocycles. The molecule has 3 aromatic rings. The number of nitrogens with zero attached hydrogens (tertiary/aromatic N) is 3. The Balaban J connectivity index is 1.75. The first-order valence-electron chi connectivity index (χ1n) is 10.2. The molecular formula is C25H23N3O2. The Bertz CT molecular complexity index is 1060. The average molecular weight is 397 g/mol. The highest BCUT2D eigenvalue weighted by atomic mass is 16.5. The molecule has 150 valence electrons. The zero-order valence-corrected chi connectivity index (χ0v) is 16.8. The number of benzene rings is 3. The molecule has 30 heavy (non-hydrogen) atoms. The lowest BCUT2D eigenvalue weighted by Gasteiger charge is -2.26. The van der Waals surface area contributed by atoms with Crippen molar-refractivity contribution in [1.82, 2.24) is 0 Å². The van der Waals surface area contributed by atoms with Crippen LogP contribution >= 0.6 is 0 Å². The summed E-state index contributed by atoms with van der Waals surface area (Å²) >= 11 is 0. The van der Waals surface area contributed by atoms with Crippen LogP contribution in [-0.4, -0.2) is 30.6 Å². The Morgan fingerprint density at radius 1 is 0.867 bits per heavy atom. The number of methoxy groups -OCH3 is 1. The molecule has 0 aromatic heterocycles. The summed E-state index contributed by atoms with van der Waals surface area (Å²) in [6.07, 6.45) is 1.80. The van der Waals surface area contributed by atoms with Crippen molar-refractivity contribution < 1.29 is 9.53 Å². The van der Waals surface area contributed by atoms with Crippen molar-refractivity contribution in [2.24, 2.45) is 4.99 Å². The van der Waals surface area contributed by atoms with Crippen LogP contribution in [0.15, 0.2) is 96.0 Å². The summed E-state index contributed by atoms with van der Waals surface area (Å²) in [4.78, 5) is 22.4. The van der Waals surface area contributed by atoms with E-state index in [0.29, 0.717) is 0 Å². The molecule has 5 heteroatoms. The highest BCUT2D eigenvalue weighted by Crippen LogP contribution is 2.54. The number of guanidine groups is 1. The molecule has 0 bridgehead atoms. The average Bonchev–Trinajstić information content (AvgIpc) is 3.53. The maximum atomic E-state index is 13.1. The first-order chi connectivity index (χ1) is 14.7. The number of carbonyl (C=O) groups is 1. The van der Waals surface area contributed by atoms with Gasteiger partial charge in [0.05, 0.1) is 18.3 Å². The molecule has 1 aliphatic heterocycles. The van der Waals surface area contributed by atoms with Gasteiger partial charge in [0.25, 0.3) is 0 Å². The highest BCUT2D eigenvalue weighted by Gasteiger charge is 2.67. The molecule has 0 amide bonds. The Kier molecular flexibility index (Phi) is 4.51. The molecule has 3 aromatic carbocycles. The third-order valence-corrected chi connectivity index (χ3v) is 5.85. The summed E-state index contributed by atoms with van der Waals surface area (Å²) in [7, 11) is 1.46. The topological polar surface area (TPSA) is 45.1 Å². The number of ether oxygens (including phenoxy) is 1. The van der Waals surface area contributed by atoms with Gasteiger partial charge in [0.2, 0.25) is 5.96 Å². The van der Waals surface area contributed by atoms with Gasteiger partial charge in [-0.25, -0.2) is 9.79 Å². The van der Waals surface area contributed by atoms with Gasteiger partial charge in [-0.05, 0) is 49.2 Å². The molecule has 0 unspecified atom stereocenters. The second kappa shape index (κ2) is 7.34. The van der Waals surface area contributed by atoms with E-state index in [1.807, 2.05) is 83.8 Å². The highest BCUT2D eigenvalue weighted by molar-refractivity contribution is 6.17. The largest absolute Gasteiger partial charge is 0.467 e. The first kappa shape index (κ1) is 18.4. The molecular weight excluding hydrogens is 374 g/mol. The predicted molar refractivity (Wildman–Crippen MR) is 119 cm³/mol. The summed E-state index contributed by atoms with van der Waals surface area (Å²) in [6.45, 7) is 0. The number of hydrogen-bond acceptors (Lipinski definition) is 3. The Morgan fingerprint density at radius 3 is 1.93 bits per heavy atom. The van der Waals surface area contributed by atoms with Crippen LogP contribution in [0, 0.1) is 0 Å². The van der Waals surface area contributed by atoms with Crippen LogP contribution in [0.4, 0.5) is 17.1 Å². The molecule has 0 N–H and O–H groups in total. The zero-order chi connectivity index (χ0) is 20.6. The van der Waals surface area contributed by atoms with Crippen LogP contribution in [0.25, 0.3) is 0 Å².